The van der Waals surface area contributed by atoms with Crippen molar-refractivity contribution in [3.8, 4) is 0 Å². The fourth-order valence-electron chi connectivity index (χ4n) is 2.11. The Bertz CT molecular complexity index is 507. The van der Waals surface area contributed by atoms with Gasteiger partial charge in [-0.15, -0.1) is 0 Å². The standard InChI is InChI=1S/C14H14F2/c1-8-6-13(10(3)9(8)2)12-5-4-11(15)7-14(12)16/h4-5,7H,6H2,1-3H3. The molecule has 16 heavy (non-hydrogen) atoms. The third-order valence-corrected chi connectivity index (χ3v) is 3.35. The van der Waals surface area contributed by atoms with Crippen molar-refractivity contribution >= 4 is 5.57 Å². The predicted molar refractivity (Wildman–Crippen MR) is 61.9 cm³/mol. The van der Waals surface area contributed by atoms with Crippen LogP contribution < -0.4 is 0 Å². The van der Waals surface area contributed by atoms with E-state index in [1.807, 2.05) is 20.8 Å². The Kier molecular flexibility index (Phi) is 2.66. The largest absolute Gasteiger partial charge is 0.207 e. The smallest absolute Gasteiger partial charge is 0.133 e. The lowest BCUT2D eigenvalue weighted by Crippen LogP contribution is -1.91. The van der Waals surface area contributed by atoms with Gasteiger partial charge in [-0.1, -0.05) is 5.57 Å². The highest BCUT2D eigenvalue weighted by Crippen LogP contribution is 2.38. The number of halogens is 2. The first-order valence-corrected chi connectivity index (χ1v) is 5.32. The molecule has 0 spiro atoms. The van der Waals surface area contributed by atoms with E-state index in [4.69, 9.17) is 0 Å². The van der Waals surface area contributed by atoms with Gasteiger partial charge in [0.05, 0.1) is 0 Å². The molecule has 2 heteroatoms. The van der Waals surface area contributed by atoms with Crippen LogP contribution in [-0.4, -0.2) is 0 Å². The highest BCUT2D eigenvalue weighted by atomic mass is 19.1. The van der Waals surface area contributed by atoms with Gasteiger partial charge in [0.2, 0.25) is 0 Å². The average Bonchev–Trinajstić information content (AvgIpc) is 2.46. The summed E-state index contributed by atoms with van der Waals surface area (Å²) in [6.07, 6.45) is 0.764. The summed E-state index contributed by atoms with van der Waals surface area (Å²) in [5.74, 6) is -1.00. The third-order valence-electron chi connectivity index (χ3n) is 3.35. The maximum atomic E-state index is 13.6. The normalized spacial score (nSPS) is 16.3. The highest BCUT2D eigenvalue weighted by Gasteiger charge is 2.19. The second-order valence-electron chi connectivity index (χ2n) is 4.31. The summed E-state index contributed by atoms with van der Waals surface area (Å²) in [4.78, 5) is 0. The zero-order chi connectivity index (χ0) is 11.9. The molecule has 2 rings (SSSR count). The van der Waals surface area contributed by atoms with Gasteiger partial charge in [-0.05, 0) is 56.0 Å². The minimum absolute atomic E-state index is 0.475. The van der Waals surface area contributed by atoms with E-state index in [0.29, 0.717) is 5.56 Å². The Hall–Kier alpha value is -1.44. The topological polar surface area (TPSA) is 0 Å². The number of hydrogen-bond donors (Lipinski definition) is 0. The minimum atomic E-state index is -0.529. The van der Waals surface area contributed by atoms with E-state index in [2.05, 4.69) is 0 Å². The van der Waals surface area contributed by atoms with Crippen LogP contribution in [0.4, 0.5) is 8.78 Å². The van der Waals surface area contributed by atoms with E-state index in [1.165, 1.54) is 23.3 Å². The molecule has 0 saturated heterocycles. The lowest BCUT2D eigenvalue weighted by atomic mass is 10.00. The van der Waals surface area contributed by atoms with E-state index in [1.54, 1.807) is 0 Å². The van der Waals surface area contributed by atoms with E-state index in [9.17, 15) is 8.78 Å². The first kappa shape index (κ1) is 11.1. The predicted octanol–water partition coefficient (Wildman–Crippen LogP) is 4.48. The maximum Gasteiger partial charge on any atom is 0.133 e. The number of rotatable bonds is 1. The van der Waals surface area contributed by atoms with E-state index in [-0.39, 0.29) is 0 Å². The Balaban J connectivity index is 2.49. The van der Waals surface area contributed by atoms with Crippen LogP contribution in [0.3, 0.4) is 0 Å². The summed E-state index contributed by atoms with van der Waals surface area (Å²) in [5.41, 5.74) is 5.10. The van der Waals surface area contributed by atoms with E-state index < -0.39 is 11.6 Å². The second kappa shape index (κ2) is 3.85. The third kappa shape index (κ3) is 1.69. The van der Waals surface area contributed by atoms with Gasteiger partial charge in [0, 0.05) is 11.6 Å². The molecule has 0 unspecified atom stereocenters. The fourth-order valence-corrected chi connectivity index (χ4v) is 2.11. The molecule has 0 amide bonds. The lowest BCUT2D eigenvalue weighted by molar-refractivity contribution is 0.580. The van der Waals surface area contributed by atoms with Gasteiger partial charge in [0.15, 0.2) is 0 Å². The van der Waals surface area contributed by atoms with Gasteiger partial charge in [-0.2, -0.15) is 0 Å². The molecule has 1 aliphatic rings. The molecule has 0 atom stereocenters. The SMILES string of the molecule is CC1=C(C)C(C)=C(c2ccc(F)cc2F)C1. The summed E-state index contributed by atoms with van der Waals surface area (Å²) < 4.78 is 26.5. The van der Waals surface area contributed by atoms with Crippen LogP contribution >= 0.6 is 0 Å². The maximum absolute atomic E-state index is 13.6. The van der Waals surface area contributed by atoms with Gasteiger partial charge >= 0.3 is 0 Å². The van der Waals surface area contributed by atoms with Crippen molar-refractivity contribution in [1.82, 2.24) is 0 Å². The molecule has 0 radical (unpaired) electrons. The summed E-state index contributed by atoms with van der Waals surface area (Å²) in [7, 11) is 0. The first-order valence-electron chi connectivity index (χ1n) is 5.32. The Morgan fingerprint density at radius 3 is 2.19 bits per heavy atom. The van der Waals surface area contributed by atoms with Gasteiger partial charge in [0.1, 0.15) is 11.6 Å². The van der Waals surface area contributed by atoms with E-state index >= 15 is 0 Å². The quantitative estimate of drug-likeness (QED) is 0.654. The highest BCUT2D eigenvalue weighted by molar-refractivity contribution is 5.77. The summed E-state index contributed by atoms with van der Waals surface area (Å²) in [6.45, 7) is 6.08. The zero-order valence-corrected chi connectivity index (χ0v) is 9.70. The second-order valence-corrected chi connectivity index (χ2v) is 4.31. The van der Waals surface area contributed by atoms with Crippen molar-refractivity contribution in [2.75, 3.05) is 0 Å². The Morgan fingerprint density at radius 1 is 1.00 bits per heavy atom. The van der Waals surface area contributed by atoms with Gasteiger partial charge in [0.25, 0.3) is 0 Å². The van der Waals surface area contributed by atoms with Crippen molar-refractivity contribution in [2.45, 2.75) is 27.2 Å². The molecular formula is C14H14F2. The molecule has 0 heterocycles. The van der Waals surface area contributed by atoms with Crippen LogP contribution in [-0.2, 0) is 0 Å². The van der Waals surface area contributed by atoms with Crippen molar-refractivity contribution in [3.63, 3.8) is 0 Å². The van der Waals surface area contributed by atoms with Crippen LogP contribution in [0, 0.1) is 11.6 Å². The number of hydrogen-bond acceptors (Lipinski definition) is 0. The Labute approximate surface area is 94.3 Å². The molecule has 0 saturated carbocycles. The molecule has 1 aliphatic carbocycles. The van der Waals surface area contributed by atoms with Crippen molar-refractivity contribution in [3.05, 3.63) is 52.1 Å². The number of allylic oxidation sites excluding steroid dienone is 4. The van der Waals surface area contributed by atoms with Gasteiger partial charge in [-0.25, -0.2) is 8.78 Å². The molecule has 0 nitrogen and oxygen atoms in total. The van der Waals surface area contributed by atoms with E-state index in [0.717, 1.165) is 23.6 Å². The van der Waals surface area contributed by atoms with Crippen LogP contribution in [0.5, 0.6) is 0 Å². The minimum Gasteiger partial charge on any atom is -0.207 e. The summed E-state index contributed by atoms with van der Waals surface area (Å²) >= 11 is 0. The molecule has 84 valence electrons. The van der Waals surface area contributed by atoms with Crippen molar-refractivity contribution < 1.29 is 8.78 Å². The van der Waals surface area contributed by atoms with Crippen LogP contribution in [0.25, 0.3) is 5.57 Å². The molecule has 0 fully saturated rings. The van der Waals surface area contributed by atoms with Crippen molar-refractivity contribution in [1.29, 1.82) is 0 Å². The zero-order valence-electron chi connectivity index (χ0n) is 9.70. The molecule has 0 N–H and O–H groups in total. The summed E-state index contributed by atoms with van der Waals surface area (Å²) in [6, 6.07) is 3.77. The monoisotopic (exact) mass is 220 g/mol. The molecule has 0 bridgehead atoms. The van der Waals surface area contributed by atoms with Gasteiger partial charge in [-0.3, -0.25) is 0 Å². The number of benzene rings is 1. The van der Waals surface area contributed by atoms with Crippen molar-refractivity contribution in [2.24, 2.45) is 0 Å². The first-order chi connectivity index (χ1) is 7.50. The van der Waals surface area contributed by atoms with Gasteiger partial charge < -0.3 is 0 Å². The fraction of sp³-hybridized carbons (Fsp3) is 0.286. The molecule has 1 aromatic carbocycles. The molecule has 0 aromatic heterocycles. The van der Waals surface area contributed by atoms with Crippen LogP contribution in [0.1, 0.15) is 32.8 Å². The molecule has 0 aliphatic heterocycles. The summed E-state index contributed by atoms with van der Waals surface area (Å²) in [5, 5.41) is 0. The molecular weight excluding hydrogens is 206 g/mol. The molecule has 1 aromatic rings. The average molecular weight is 220 g/mol. The Morgan fingerprint density at radius 2 is 1.69 bits per heavy atom. The van der Waals surface area contributed by atoms with Crippen LogP contribution in [0.15, 0.2) is 34.9 Å². The van der Waals surface area contributed by atoms with Crippen LogP contribution in [0.2, 0.25) is 0 Å². The lowest BCUT2D eigenvalue weighted by Gasteiger charge is -2.07.